The van der Waals surface area contributed by atoms with Gasteiger partial charge < -0.3 is 20.9 Å². The van der Waals surface area contributed by atoms with Crippen molar-refractivity contribution in [1.82, 2.24) is 9.55 Å². The summed E-state index contributed by atoms with van der Waals surface area (Å²) in [7, 11) is 1.98. The number of carbonyl (C=O) groups is 1. The molecular formula is C22H21N5O. The fourth-order valence-electron chi connectivity index (χ4n) is 3.03. The Bertz CT molecular complexity index is 1130. The highest BCUT2D eigenvalue weighted by Gasteiger charge is 2.08. The molecule has 0 fully saturated rings. The van der Waals surface area contributed by atoms with Crippen LogP contribution in [-0.2, 0) is 13.6 Å². The minimum absolute atomic E-state index is 0.182. The minimum Gasteiger partial charge on any atom is -0.397 e. The molecule has 1 aromatic heterocycles. The zero-order valence-corrected chi connectivity index (χ0v) is 15.5. The lowest BCUT2D eigenvalue weighted by Crippen LogP contribution is -2.13. The number of carbonyl (C=O) groups excluding carboxylic acids is 1. The molecule has 140 valence electrons. The van der Waals surface area contributed by atoms with E-state index in [4.69, 9.17) is 5.73 Å². The summed E-state index contributed by atoms with van der Waals surface area (Å²) in [5.74, 6) is -0.182. The number of hydrogen-bond donors (Lipinski definition) is 3. The number of nitrogens with zero attached hydrogens (tertiary/aromatic N) is 2. The number of aromatic nitrogens is 2. The van der Waals surface area contributed by atoms with Crippen LogP contribution < -0.4 is 16.4 Å². The number of rotatable bonds is 5. The number of nitrogens with one attached hydrogen (secondary N) is 2. The van der Waals surface area contributed by atoms with Gasteiger partial charge in [0.2, 0.25) is 0 Å². The van der Waals surface area contributed by atoms with Crippen molar-refractivity contribution in [2.75, 3.05) is 16.4 Å². The molecular weight excluding hydrogens is 350 g/mol. The van der Waals surface area contributed by atoms with Crippen molar-refractivity contribution < 1.29 is 4.79 Å². The van der Waals surface area contributed by atoms with Gasteiger partial charge in [-0.25, -0.2) is 4.98 Å². The van der Waals surface area contributed by atoms with E-state index in [0.717, 1.165) is 22.3 Å². The van der Waals surface area contributed by atoms with Crippen LogP contribution in [0.5, 0.6) is 0 Å². The van der Waals surface area contributed by atoms with Crippen LogP contribution in [0, 0.1) is 0 Å². The first-order valence-corrected chi connectivity index (χ1v) is 9.00. The van der Waals surface area contributed by atoms with Crippen molar-refractivity contribution >= 4 is 34.0 Å². The quantitative estimate of drug-likeness (QED) is 0.463. The van der Waals surface area contributed by atoms with E-state index in [0.29, 0.717) is 23.5 Å². The summed E-state index contributed by atoms with van der Waals surface area (Å²) >= 11 is 0. The van der Waals surface area contributed by atoms with Crippen molar-refractivity contribution in [3.05, 3.63) is 84.2 Å². The molecule has 0 atom stereocenters. The Hall–Kier alpha value is -3.80. The van der Waals surface area contributed by atoms with Crippen molar-refractivity contribution in [1.29, 1.82) is 0 Å². The molecule has 4 rings (SSSR count). The van der Waals surface area contributed by atoms with Crippen molar-refractivity contribution in [3.63, 3.8) is 0 Å². The highest BCUT2D eigenvalue weighted by atomic mass is 16.1. The number of nitrogens with two attached hydrogens (primary N) is 1. The number of amides is 1. The molecule has 0 saturated carbocycles. The molecule has 0 saturated heterocycles. The van der Waals surface area contributed by atoms with Gasteiger partial charge in [0.1, 0.15) is 0 Å². The molecule has 0 aliphatic rings. The van der Waals surface area contributed by atoms with Crippen LogP contribution in [0.4, 0.5) is 17.1 Å². The van der Waals surface area contributed by atoms with Gasteiger partial charge in [0.05, 0.1) is 28.7 Å². The van der Waals surface area contributed by atoms with E-state index in [1.807, 2.05) is 66.2 Å². The van der Waals surface area contributed by atoms with E-state index in [9.17, 15) is 4.79 Å². The van der Waals surface area contributed by atoms with Gasteiger partial charge in [-0.3, -0.25) is 4.79 Å². The van der Waals surface area contributed by atoms with Crippen LogP contribution in [0.2, 0.25) is 0 Å². The van der Waals surface area contributed by atoms with Gasteiger partial charge >= 0.3 is 0 Å². The maximum Gasteiger partial charge on any atom is 0.255 e. The summed E-state index contributed by atoms with van der Waals surface area (Å²) in [6, 6.07) is 20.8. The number of fused-ring (bicyclic) bond motifs is 1. The summed E-state index contributed by atoms with van der Waals surface area (Å²) in [5, 5.41) is 6.23. The molecule has 0 unspecified atom stereocenters. The average Bonchev–Trinajstić information content (AvgIpc) is 3.09. The molecule has 4 aromatic rings. The molecule has 1 heterocycles. The Labute approximate surface area is 163 Å². The molecule has 3 aromatic carbocycles. The smallest absolute Gasteiger partial charge is 0.255 e. The molecule has 0 aliphatic carbocycles. The Kier molecular flexibility index (Phi) is 4.68. The Morgan fingerprint density at radius 3 is 2.64 bits per heavy atom. The van der Waals surface area contributed by atoms with Crippen LogP contribution in [0.3, 0.4) is 0 Å². The average molecular weight is 371 g/mol. The number of nitrogen functional groups attached to an aromatic ring is 1. The van der Waals surface area contributed by atoms with Gasteiger partial charge in [0.25, 0.3) is 5.91 Å². The SMILES string of the molecule is Cn1cnc2cc(NCc3ccc(C(=O)Nc4ccccc4N)cc3)ccc21. The molecule has 1 amide bonds. The lowest BCUT2D eigenvalue weighted by molar-refractivity contribution is 0.102. The van der Waals surface area contributed by atoms with E-state index in [-0.39, 0.29) is 5.91 Å². The summed E-state index contributed by atoms with van der Waals surface area (Å²) < 4.78 is 1.99. The van der Waals surface area contributed by atoms with E-state index < -0.39 is 0 Å². The van der Waals surface area contributed by atoms with Crippen LogP contribution >= 0.6 is 0 Å². The molecule has 0 spiro atoms. The number of anilines is 3. The van der Waals surface area contributed by atoms with Gasteiger partial charge in [-0.15, -0.1) is 0 Å². The van der Waals surface area contributed by atoms with Crippen molar-refractivity contribution in [2.45, 2.75) is 6.54 Å². The maximum absolute atomic E-state index is 12.4. The molecule has 0 bridgehead atoms. The zero-order chi connectivity index (χ0) is 19.5. The molecule has 28 heavy (non-hydrogen) atoms. The topological polar surface area (TPSA) is 85.0 Å². The van der Waals surface area contributed by atoms with Gasteiger partial charge in [0, 0.05) is 24.8 Å². The van der Waals surface area contributed by atoms with Crippen molar-refractivity contribution in [3.8, 4) is 0 Å². The largest absolute Gasteiger partial charge is 0.397 e. The molecule has 0 radical (unpaired) electrons. The Balaban J connectivity index is 1.39. The second-order valence-electron chi connectivity index (χ2n) is 6.65. The van der Waals surface area contributed by atoms with Crippen LogP contribution in [0.1, 0.15) is 15.9 Å². The summed E-state index contributed by atoms with van der Waals surface area (Å²) in [5.41, 5.74) is 11.8. The lowest BCUT2D eigenvalue weighted by Gasteiger charge is -2.09. The van der Waals surface area contributed by atoms with Crippen LogP contribution in [0.25, 0.3) is 11.0 Å². The second-order valence-corrected chi connectivity index (χ2v) is 6.65. The number of imidazole rings is 1. The third-order valence-electron chi connectivity index (χ3n) is 4.65. The summed E-state index contributed by atoms with van der Waals surface area (Å²) in [6.07, 6.45) is 1.81. The second kappa shape index (κ2) is 7.44. The minimum atomic E-state index is -0.182. The first kappa shape index (κ1) is 17.6. The molecule has 0 aliphatic heterocycles. The fourth-order valence-corrected chi connectivity index (χ4v) is 3.03. The normalized spacial score (nSPS) is 10.8. The van der Waals surface area contributed by atoms with E-state index in [1.54, 1.807) is 18.5 Å². The fraction of sp³-hybridized carbons (Fsp3) is 0.0909. The van der Waals surface area contributed by atoms with E-state index in [2.05, 4.69) is 15.6 Å². The summed E-state index contributed by atoms with van der Waals surface area (Å²) in [4.78, 5) is 16.8. The number of hydrogen-bond acceptors (Lipinski definition) is 4. The van der Waals surface area contributed by atoms with Gasteiger partial charge in [-0.05, 0) is 48.0 Å². The Morgan fingerprint density at radius 1 is 1.07 bits per heavy atom. The molecule has 6 nitrogen and oxygen atoms in total. The first-order chi connectivity index (χ1) is 13.6. The maximum atomic E-state index is 12.4. The standard InChI is InChI=1S/C22H21N5O/c1-27-14-25-20-12-17(10-11-21(20)27)24-13-15-6-8-16(9-7-15)22(28)26-19-5-3-2-4-18(19)23/h2-12,14,24H,13,23H2,1H3,(H,26,28). The van der Waals surface area contributed by atoms with Gasteiger partial charge in [-0.1, -0.05) is 24.3 Å². The highest BCUT2D eigenvalue weighted by molar-refractivity contribution is 6.05. The first-order valence-electron chi connectivity index (χ1n) is 9.00. The molecule has 4 N–H and O–H groups in total. The summed E-state index contributed by atoms with van der Waals surface area (Å²) in [6.45, 7) is 0.659. The van der Waals surface area contributed by atoms with Crippen molar-refractivity contribution in [2.24, 2.45) is 7.05 Å². The van der Waals surface area contributed by atoms with Gasteiger partial charge in [0.15, 0.2) is 0 Å². The van der Waals surface area contributed by atoms with Crippen LogP contribution in [0.15, 0.2) is 73.1 Å². The lowest BCUT2D eigenvalue weighted by atomic mass is 10.1. The van der Waals surface area contributed by atoms with Gasteiger partial charge in [-0.2, -0.15) is 0 Å². The van der Waals surface area contributed by atoms with E-state index >= 15 is 0 Å². The predicted octanol–water partition coefficient (Wildman–Crippen LogP) is 4.02. The third kappa shape index (κ3) is 3.66. The highest BCUT2D eigenvalue weighted by Crippen LogP contribution is 2.19. The van der Waals surface area contributed by atoms with E-state index in [1.165, 1.54) is 0 Å². The monoisotopic (exact) mass is 371 g/mol. The number of aryl methyl sites for hydroxylation is 1. The zero-order valence-electron chi connectivity index (χ0n) is 15.5. The third-order valence-corrected chi connectivity index (χ3v) is 4.65. The Morgan fingerprint density at radius 2 is 1.86 bits per heavy atom. The molecule has 6 heteroatoms. The number of benzene rings is 3. The number of para-hydroxylation sites is 2. The van der Waals surface area contributed by atoms with Crippen LogP contribution in [-0.4, -0.2) is 15.5 Å². The predicted molar refractivity (Wildman–Crippen MR) is 113 cm³/mol.